The number of rotatable bonds is 4. The van der Waals surface area contributed by atoms with Crippen molar-refractivity contribution in [2.45, 2.75) is 103 Å². The molecule has 0 radical (unpaired) electrons. The fourth-order valence-corrected chi connectivity index (χ4v) is 3.22. The number of halogens is 2. The molecule has 1 N–H and O–H groups in total. The molecule has 0 saturated carbocycles. The zero-order valence-corrected chi connectivity index (χ0v) is 23.3. The molecule has 1 fully saturated rings. The zero-order chi connectivity index (χ0) is 30.1. The third kappa shape index (κ3) is 8.33. The van der Waals surface area contributed by atoms with Crippen LogP contribution in [0.2, 0.25) is 0 Å². The van der Waals surface area contributed by atoms with Crippen molar-refractivity contribution in [3.05, 3.63) is 22.7 Å². The van der Waals surface area contributed by atoms with Gasteiger partial charge < -0.3 is 28.8 Å². The van der Waals surface area contributed by atoms with Crippen molar-refractivity contribution >= 4 is 24.2 Å². The van der Waals surface area contributed by atoms with E-state index in [9.17, 15) is 24.3 Å². The lowest BCUT2D eigenvalue weighted by Gasteiger charge is -2.28. The maximum Gasteiger partial charge on any atom is 0.509 e. The van der Waals surface area contributed by atoms with Crippen LogP contribution in [0.1, 0.15) is 68.5 Å². The molecule has 1 aliphatic heterocycles. The van der Waals surface area contributed by atoms with Crippen LogP contribution in [0, 0.1) is 0 Å². The van der Waals surface area contributed by atoms with E-state index in [0.29, 0.717) is 9.47 Å². The first-order valence-corrected chi connectivity index (χ1v) is 11.9. The van der Waals surface area contributed by atoms with E-state index in [-0.39, 0.29) is 0 Å². The summed E-state index contributed by atoms with van der Waals surface area (Å²) in [6, 6.07) is 0.921. The maximum absolute atomic E-state index is 15.3. The van der Waals surface area contributed by atoms with E-state index >= 15 is 8.78 Å². The van der Waals surface area contributed by atoms with Crippen molar-refractivity contribution in [1.82, 2.24) is 9.55 Å². The van der Waals surface area contributed by atoms with Gasteiger partial charge in [0.15, 0.2) is 5.82 Å². The van der Waals surface area contributed by atoms with E-state index in [1.54, 1.807) is 0 Å². The molecule has 0 spiro atoms. The number of carbonyl (C=O) groups excluding carboxylic acids is 3. The predicted molar refractivity (Wildman–Crippen MR) is 130 cm³/mol. The minimum atomic E-state index is -4.03. The van der Waals surface area contributed by atoms with Gasteiger partial charge in [-0.2, -0.15) is 18.7 Å². The van der Waals surface area contributed by atoms with Gasteiger partial charge in [0.05, 0.1) is 6.61 Å². The van der Waals surface area contributed by atoms with Crippen LogP contribution >= 0.6 is 0 Å². The van der Waals surface area contributed by atoms with E-state index in [4.69, 9.17) is 23.7 Å². The van der Waals surface area contributed by atoms with Crippen molar-refractivity contribution in [2.24, 2.45) is 0 Å². The third-order valence-corrected chi connectivity index (χ3v) is 4.59. The molecule has 2 rings (SSSR count). The number of aliphatic hydroxyl groups excluding tert-OH is 1. The Labute approximate surface area is 223 Å². The average Bonchev–Trinajstić information content (AvgIpc) is 2.94. The van der Waals surface area contributed by atoms with Crippen LogP contribution in [0.5, 0.6) is 0 Å². The summed E-state index contributed by atoms with van der Waals surface area (Å²) in [5.74, 6) is -4.60. The molecule has 39 heavy (non-hydrogen) atoms. The Hall–Kier alpha value is -3.33. The Morgan fingerprint density at radius 1 is 1.00 bits per heavy atom. The smallest absolute Gasteiger partial charge is 0.443 e. The summed E-state index contributed by atoms with van der Waals surface area (Å²) in [5.41, 5.74) is -4.50. The first-order chi connectivity index (χ1) is 17.6. The van der Waals surface area contributed by atoms with Crippen LogP contribution in [-0.4, -0.2) is 74.5 Å². The molecule has 2 amide bonds. The van der Waals surface area contributed by atoms with Crippen LogP contribution < -0.4 is 10.6 Å². The van der Waals surface area contributed by atoms with Crippen LogP contribution in [0.15, 0.2) is 17.1 Å². The molecule has 0 aliphatic carbocycles. The van der Waals surface area contributed by atoms with E-state index in [1.165, 1.54) is 62.3 Å². The van der Waals surface area contributed by atoms with Crippen molar-refractivity contribution in [3.63, 3.8) is 0 Å². The number of hydrogen-bond donors (Lipinski definition) is 1. The van der Waals surface area contributed by atoms with Crippen LogP contribution in [0.25, 0.3) is 0 Å². The first kappa shape index (κ1) is 31.9. The van der Waals surface area contributed by atoms with E-state index in [2.05, 4.69) is 4.98 Å². The number of aliphatic hydroxyl groups is 1. The summed E-state index contributed by atoms with van der Waals surface area (Å²) >= 11 is 0. The minimum absolute atomic E-state index is 0.348. The second-order valence-corrected chi connectivity index (χ2v) is 11.7. The highest BCUT2D eigenvalue weighted by molar-refractivity contribution is 6.08. The summed E-state index contributed by atoms with van der Waals surface area (Å²) in [4.78, 5) is 54.4. The van der Waals surface area contributed by atoms with Gasteiger partial charge in [-0.25, -0.2) is 19.2 Å². The number of alkyl halides is 2. The number of imide groups is 1. The fourth-order valence-electron chi connectivity index (χ4n) is 3.22. The third-order valence-electron chi connectivity index (χ3n) is 4.59. The van der Waals surface area contributed by atoms with Gasteiger partial charge in [0.2, 0.25) is 12.3 Å². The topological polar surface area (TPSA) is 156 Å². The maximum atomic E-state index is 15.3. The molecule has 220 valence electrons. The number of carbonyl (C=O) groups is 3. The van der Waals surface area contributed by atoms with Gasteiger partial charge in [0.25, 0.3) is 0 Å². The molecule has 0 unspecified atom stereocenters. The Kier molecular flexibility index (Phi) is 9.03. The molecular weight excluding hydrogens is 528 g/mol. The van der Waals surface area contributed by atoms with Crippen LogP contribution in [-0.2, 0) is 23.7 Å². The van der Waals surface area contributed by atoms with Gasteiger partial charge in [0.1, 0.15) is 22.9 Å². The van der Waals surface area contributed by atoms with Gasteiger partial charge in [-0.3, -0.25) is 4.57 Å². The fraction of sp³-hybridized carbons (Fsp3) is 0.708. The van der Waals surface area contributed by atoms with Gasteiger partial charge >= 0.3 is 30.0 Å². The number of nitrogens with zero attached hydrogens (tertiary/aromatic N) is 3. The lowest BCUT2D eigenvalue weighted by Crippen LogP contribution is -2.46. The van der Waals surface area contributed by atoms with E-state index < -0.39 is 77.6 Å². The molecule has 0 bridgehead atoms. The highest BCUT2D eigenvalue weighted by Gasteiger charge is 2.62. The SMILES string of the molecule is CC(C)(C)OC(=O)O[C@H]1[C@@H](CO)O[C@@H](n2ccc(N(C(=O)OC(C)(C)C)C(=O)OC(C)(C)C)nc2=O)C1(F)F. The summed E-state index contributed by atoms with van der Waals surface area (Å²) in [7, 11) is 0. The highest BCUT2D eigenvalue weighted by atomic mass is 19.3. The van der Waals surface area contributed by atoms with Crippen LogP contribution in [0.4, 0.5) is 29.0 Å². The lowest BCUT2D eigenvalue weighted by molar-refractivity contribution is -0.149. The molecular formula is C24H35F2N3O10. The molecule has 15 heteroatoms. The number of aromatic nitrogens is 2. The minimum Gasteiger partial charge on any atom is -0.443 e. The van der Waals surface area contributed by atoms with Crippen molar-refractivity contribution in [3.8, 4) is 0 Å². The van der Waals surface area contributed by atoms with Crippen molar-refractivity contribution < 1.29 is 52.0 Å². The molecule has 3 atom stereocenters. The quantitative estimate of drug-likeness (QED) is 0.420. The zero-order valence-electron chi connectivity index (χ0n) is 23.3. The van der Waals surface area contributed by atoms with Gasteiger partial charge in [-0.15, -0.1) is 0 Å². The Morgan fingerprint density at radius 2 is 1.49 bits per heavy atom. The first-order valence-electron chi connectivity index (χ1n) is 11.9. The molecule has 13 nitrogen and oxygen atoms in total. The lowest BCUT2D eigenvalue weighted by atomic mass is 10.1. The second kappa shape index (κ2) is 11.0. The summed E-state index contributed by atoms with van der Waals surface area (Å²) in [5, 5.41) is 9.57. The summed E-state index contributed by atoms with van der Waals surface area (Å²) in [6.07, 6.45) is -9.48. The summed E-state index contributed by atoms with van der Waals surface area (Å²) in [6.45, 7) is 12.7. The Balaban J connectivity index is 2.44. The van der Waals surface area contributed by atoms with E-state index in [1.807, 2.05) is 0 Å². The monoisotopic (exact) mass is 563 g/mol. The summed E-state index contributed by atoms with van der Waals surface area (Å²) < 4.78 is 56.3. The van der Waals surface area contributed by atoms with Gasteiger partial charge in [-0.1, -0.05) is 0 Å². The van der Waals surface area contributed by atoms with Gasteiger partial charge in [0, 0.05) is 6.20 Å². The second-order valence-electron chi connectivity index (χ2n) is 11.7. The molecule has 1 aromatic rings. The molecule has 2 heterocycles. The number of hydrogen-bond acceptors (Lipinski definition) is 11. The normalized spacial score (nSPS) is 21.2. The number of ether oxygens (including phenoxy) is 5. The number of amides is 2. The largest absolute Gasteiger partial charge is 0.509 e. The van der Waals surface area contributed by atoms with Crippen molar-refractivity contribution in [2.75, 3.05) is 11.5 Å². The Bertz CT molecular complexity index is 1110. The van der Waals surface area contributed by atoms with Crippen molar-refractivity contribution in [1.29, 1.82) is 0 Å². The molecule has 1 aliphatic rings. The van der Waals surface area contributed by atoms with Crippen LogP contribution in [0.3, 0.4) is 0 Å². The predicted octanol–water partition coefficient (Wildman–Crippen LogP) is 3.77. The molecule has 1 saturated heterocycles. The Morgan fingerprint density at radius 3 is 1.90 bits per heavy atom. The number of anilines is 1. The average molecular weight is 564 g/mol. The molecule has 1 aromatic heterocycles. The van der Waals surface area contributed by atoms with Gasteiger partial charge in [-0.05, 0) is 68.4 Å². The highest BCUT2D eigenvalue weighted by Crippen LogP contribution is 2.44. The molecule has 0 aromatic carbocycles. The standard InChI is InChI=1S/C24H35F2N3O10/c1-21(2,3)37-18(32)29(19(33)38-22(4,5)6)14-10-11-28(17(31)27-14)16-24(25,26)15(13(12-30)35-16)36-20(34)39-23(7,8)9/h10-11,13,15-16,30H,12H2,1-9H3/t13-,15+,16-/m1/s1. The van der Waals surface area contributed by atoms with E-state index in [0.717, 1.165) is 12.3 Å².